The van der Waals surface area contributed by atoms with Crippen molar-refractivity contribution in [3.05, 3.63) is 33.4 Å². The Labute approximate surface area is 110 Å². The van der Waals surface area contributed by atoms with E-state index in [1.54, 1.807) is 19.1 Å². The molecule has 0 saturated heterocycles. The zero-order valence-electron chi connectivity index (χ0n) is 9.69. The molecule has 18 heavy (non-hydrogen) atoms. The summed E-state index contributed by atoms with van der Waals surface area (Å²) in [6.45, 7) is 3.04. The highest BCUT2D eigenvalue weighted by Crippen LogP contribution is 2.37. The molecule has 0 aliphatic carbocycles. The van der Waals surface area contributed by atoms with Gasteiger partial charge in [0.25, 0.3) is 0 Å². The van der Waals surface area contributed by atoms with Crippen LogP contribution in [0.3, 0.4) is 0 Å². The highest BCUT2D eigenvalue weighted by Gasteiger charge is 2.35. The molecule has 6 heteroatoms. The van der Waals surface area contributed by atoms with Gasteiger partial charge in [0, 0.05) is 21.1 Å². The molecule has 0 bridgehead atoms. The van der Waals surface area contributed by atoms with Crippen LogP contribution in [-0.2, 0) is 6.18 Å². The number of halogens is 4. The van der Waals surface area contributed by atoms with E-state index in [0.29, 0.717) is 10.9 Å². The minimum Gasteiger partial charge on any atom is -0.398 e. The van der Waals surface area contributed by atoms with Crippen LogP contribution in [0.15, 0.2) is 16.6 Å². The van der Waals surface area contributed by atoms with Crippen molar-refractivity contribution in [3.63, 3.8) is 0 Å². The van der Waals surface area contributed by atoms with Gasteiger partial charge >= 0.3 is 6.18 Å². The van der Waals surface area contributed by atoms with E-state index in [2.05, 4.69) is 20.9 Å². The molecule has 0 saturated carbocycles. The number of aromatic nitrogens is 1. The third kappa shape index (κ3) is 2.05. The highest BCUT2D eigenvalue weighted by molar-refractivity contribution is 9.10. The van der Waals surface area contributed by atoms with Crippen molar-refractivity contribution in [3.8, 4) is 0 Å². The highest BCUT2D eigenvalue weighted by atomic mass is 79.9. The van der Waals surface area contributed by atoms with E-state index in [4.69, 9.17) is 5.73 Å². The number of hydrogen-bond donors (Lipinski definition) is 1. The molecular formula is C12H10BrF3N2. The predicted molar refractivity (Wildman–Crippen MR) is 68.3 cm³/mol. The van der Waals surface area contributed by atoms with Crippen LogP contribution in [0, 0.1) is 13.8 Å². The average molecular weight is 319 g/mol. The van der Waals surface area contributed by atoms with Crippen LogP contribution in [0.4, 0.5) is 18.9 Å². The maximum absolute atomic E-state index is 12.8. The number of pyridine rings is 1. The second-order valence-corrected chi connectivity index (χ2v) is 5.03. The number of benzene rings is 1. The van der Waals surface area contributed by atoms with Crippen molar-refractivity contribution >= 4 is 32.5 Å². The van der Waals surface area contributed by atoms with Crippen LogP contribution in [-0.4, -0.2) is 4.98 Å². The number of nitrogens with two attached hydrogens (primary N) is 1. The molecule has 0 amide bonds. The normalized spacial score (nSPS) is 12.1. The summed E-state index contributed by atoms with van der Waals surface area (Å²) in [6.07, 6.45) is -4.49. The molecule has 0 unspecified atom stereocenters. The van der Waals surface area contributed by atoms with Crippen LogP contribution in [0.2, 0.25) is 0 Å². The van der Waals surface area contributed by atoms with E-state index in [1.165, 1.54) is 6.92 Å². The van der Waals surface area contributed by atoms with Gasteiger partial charge in [0.15, 0.2) is 0 Å². The standard InChI is InChI=1S/C12H10BrF3N2/c1-5-3-7(13)4-8-9(17)6(2)11(12(14,15)16)18-10(5)8/h3-4H,1-2H3,(H2,17,18). The van der Waals surface area contributed by atoms with Crippen LogP contribution < -0.4 is 5.73 Å². The summed E-state index contributed by atoms with van der Waals surface area (Å²) < 4.78 is 39.3. The minimum atomic E-state index is -4.49. The largest absolute Gasteiger partial charge is 0.433 e. The first-order valence-electron chi connectivity index (χ1n) is 5.15. The Bertz CT molecular complexity index is 635. The van der Waals surface area contributed by atoms with Gasteiger partial charge in [-0.15, -0.1) is 0 Å². The SMILES string of the molecule is Cc1c(C(F)(F)F)nc2c(C)cc(Br)cc2c1N. The van der Waals surface area contributed by atoms with Gasteiger partial charge in [0.05, 0.1) is 5.52 Å². The van der Waals surface area contributed by atoms with E-state index in [1.807, 2.05) is 0 Å². The first kappa shape index (κ1) is 13.1. The molecule has 2 aromatic rings. The predicted octanol–water partition coefficient (Wildman–Crippen LogP) is 4.22. The number of nitrogen functional groups attached to an aromatic ring is 1. The number of fused-ring (bicyclic) bond motifs is 1. The average Bonchev–Trinajstić information content (AvgIpc) is 2.22. The van der Waals surface area contributed by atoms with Gasteiger partial charge in [0.2, 0.25) is 0 Å². The van der Waals surface area contributed by atoms with Crippen molar-refractivity contribution in [2.24, 2.45) is 0 Å². The number of nitrogens with zero attached hydrogens (tertiary/aromatic N) is 1. The molecule has 1 aromatic carbocycles. The monoisotopic (exact) mass is 318 g/mol. The molecule has 0 aliphatic rings. The molecule has 2 N–H and O–H groups in total. The Morgan fingerprint density at radius 2 is 1.83 bits per heavy atom. The van der Waals surface area contributed by atoms with Crippen LogP contribution in [0.5, 0.6) is 0 Å². The summed E-state index contributed by atoms with van der Waals surface area (Å²) in [5.74, 6) is 0. The van der Waals surface area contributed by atoms with Crippen LogP contribution in [0.1, 0.15) is 16.8 Å². The lowest BCUT2D eigenvalue weighted by Gasteiger charge is -2.15. The first-order valence-corrected chi connectivity index (χ1v) is 5.94. The molecule has 2 nitrogen and oxygen atoms in total. The van der Waals surface area contributed by atoms with Crippen molar-refractivity contribution in [1.82, 2.24) is 4.98 Å². The fraction of sp³-hybridized carbons (Fsp3) is 0.250. The molecule has 0 spiro atoms. The Morgan fingerprint density at radius 3 is 2.39 bits per heavy atom. The molecule has 0 radical (unpaired) electrons. The molecular weight excluding hydrogens is 309 g/mol. The second-order valence-electron chi connectivity index (χ2n) is 4.12. The lowest BCUT2D eigenvalue weighted by Crippen LogP contribution is -2.13. The lowest BCUT2D eigenvalue weighted by molar-refractivity contribution is -0.141. The summed E-state index contributed by atoms with van der Waals surface area (Å²) in [6, 6.07) is 3.39. The number of aryl methyl sites for hydroxylation is 1. The van der Waals surface area contributed by atoms with Gasteiger partial charge in [-0.1, -0.05) is 15.9 Å². The van der Waals surface area contributed by atoms with Crippen molar-refractivity contribution in [2.45, 2.75) is 20.0 Å². The second kappa shape index (κ2) is 4.12. The van der Waals surface area contributed by atoms with E-state index in [9.17, 15) is 13.2 Å². The maximum atomic E-state index is 12.8. The van der Waals surface area contributed by atoms with Gasteiger partial charge in [-0.2, -0.15) is 13.2 Å². The van der Waals surface area contributed by atoms with Crippen molar-refractivity contribution in [2.75, 3.05) is 5.73 Å². The minimum absolute atomic E-state index is 0.0347. The molecule has 1 aromatic heterocycles. The zero-order chi connectivity index (χ0) is 13.7. The third-order valence-corrected chi connectivity index (χ3v) is 3.26. The fourth-order valence-electron chi connectivity index (χ4n) is 1.89. The van der Waals surface area contributed by atoms with E-state index < -0.39 is 11.9 Å². The van der Waals surface area contributed by atoms with E-state index >= 15 is 0 Å². The Balaban J connectivity index is 2.93. The first-order chi connectivity index (χ1) is 8.21. The summed E-state index contributed by atoms with van der Waals surface area (Å²) in [5.41, 5.74) is 5.90. The molecule has 0 atom stereocenters. The smallest absolute Gasteiger partial charge is 0.398 e. The van der Waals surface area contributed by atoms with Crippen LogP contribution in [0.25, 0.3) is 10.9 Å². The zero-order valence-corrected chi connectivity index (χ0v) is 11.3. The Hall–Kier alpha value is -1.30. The number of rotatable bonds is 0. The van der Waals surface area contributed by atoms with Crippen molar-refractivity contribution < 1.29 is 13.2 Å². The number of alkyl halides is 3. The van der Waals surface area contributed by atoms with E-state index in [-0.39, 0.29) is 16.8 Å². The number of anilines is 1. The lowest BCUT2D eigenvalue weighted by atomic mass is 10.0. The number of hydrogen-bond acceptors (Lipinski definition) is 2. The molecule has 1 heterocycles. The molecule has 0 fully saturated rings. The molecule has 2 rings (SSSR count). The van der Waals surface area contributed by atoms with E-state index in [0.717, 1.165) is 4.47 Å². The summed E-state index contributed by atoms with van der Waals surface area (Å²) in [4.78, 5) is 3.72. The molecule has 96 valence electrons. The quantitative estimate of drug-likeness (QED) is 0.790. The summed E-state index contributed by atoms with van der Waals surface area (Å²) in [5, 5.41) is 0.535. The fourth-order valence-corrected chi connectivity index (χ4v) is 2.46. The summed E-state index contributed by atoms with van der Waals surface area (Å²) in [7, 11) is 0. The van der Waals surface area contributed by atoms with Gasteiger partial charge in [0.1, 0.15) is 5.69 Å². The Morgan fingerprint density at radius 1 is 1.22 bits per heavy atom. The van der Waals surface area contributed by atoms with Gasteiger partial charge < -0.3 is 5.73 Å². The maximum Gasteiger partial charge on any atom is 0.433 e. The van der Waals surface area contributed by atoms with Gasteiger partial charge in [-0.25, -0.2) is 4.98 Å². The summed E-state index contributed by atoms with van der Waals surface area (Å²) >= 11 is 3.29. The van der Waals surface area contributed by atoms with Gasteiger partial charge in [-0.3, -0.25) is 0 Å². The third-order valence-electron chi connectivity index (χ3n) is 2.81. The van der Waals surface area contributed by atoms with Crippen LogP contribution >= 0.6 is 15.9 Å². The topological polar surface area (TPSA) is 38.9 Å². The van der Waals surface area contributed by atoms with Gasteiger partial charge in [-0.05, 0) is 31.5 Å². The van der Waals surface area contributed by atoms with Crippen molar-refractivity contribution in [1.29, 1.82) is 0 Å². The Kier molecular flexibility index (Phi) is 3.01. The molecule has 0 aliphatic heterocycles.